The van der Waals surface area contributed by atoms with E-state index in [0.717, 1.165) is 12.1 Å². The molecular weight excluding hydrogens is 401 g/mol. The fourth-order valence-electron chi connectivity index (χ4n) is 2.51. The van der Waals surface area contributed by atoms with Gasteiger partial charge in [-0.25, -0.2) is 15.0 Å². The molecule has 3 rings (SSSR count). The number of rotatable bonds is 6. The standard InChI is InChI=1S/C17H14F5N5O2/c1-9(10-4-3-5-12(6-10)17(20,21)22)27(28-2)16-23-7-11(8-24-16)14-25-26-15(29-14)13(18)19/h3-9,13H,1-2H3. The van der Waals surface area contributed by atoms with E-state index >= 15 is 0 Å². The Hall–Kier alpha value is -3.15. The molecule has 0 saturated carbocycles. The largest absolute Gasteiger partial charge is 0.416 e. The fourth-order valence-corrected chi connectivity index (χ4v) is 2.51. The van der Waals surface area contributed by atoms with E-state index in [9.17, 15) is 22.0 Å². The third kappa shape index (κ3) is 4.47. The highest BCUT2D eigenvalue weighted by molar-refractivity contribution is 5.50. The lowest BCUT2D eigenvalue weighted by Gasteiger charge is -2.27. The summed E-state index contributed by atoms with van der Waals surface area (Å²) in [4.78, 5) is 13.3. The molecule has 154 valence electrons. The van der Waals surface area contributed by atoms with Crippen molar-refractivity contribution in [3.05, 3.63) is 53.7 Å². The molecule has 1 atom stereocenters. The zero-order chi connectivity index (χ0) is 21.2. The Kier molecular flexibility index (Phi) is 5.73. The molecule has 0 N–H and O–H groups in total. The van der Waals surface area contributed by atoms with E-state index in [1.807, 2.05) is 0 Å². The molecule has 0 amide bonds. The molecule has 0 spiro atoms. The molecule has 0 bridgehead atoms. The average Bonchev–Trinajstić information content (AvgIpc) is 3.19. The van der Waals surface area contributed by atoms with Gasteiger partial charge in [0.25, 0.3) is 11.8 Å². The molecule has 7 nitrogen and oxygen atoms in total. The molecule has 2 heterocycles. The zero-order valence-electron chi connectivity index (χ0n) is 15.1. The van der Waals surface area contributed by atoms with Crippen molar-refractivity contribution in [1.29, 1.82) is 0 Å². The summed E-state index contributed by atoms with van der Waals surface area (Å²) in [7, 11) is 1.31. The van der Waals surface area contributed by atoms with Crippen LogP contribution in [0.25, 0.3) is 11.5 Å². The molecule has 1 unspecified atom stereocenters. The van der Waals surface area contributed by atoms with E-state index < -0.39 is 30.1 Å². The predicted molar refractivity (Wildman–Crippen MR) is 89.6 cm³/mol. The normalized spacial score (nSPS) is 13.0. The van der Waals surface area contributed by atoms with Gasteiger partial charge in [-0.2, -0.15) is 22.0 Å². The van der Waals surface area contributed by atoms with Gasteiger partial charge in [-0.3, -0.25) is 4.84 Å². The second kappa shape index (κ2) is 8.07. The summed E-state index contributed by atoms with van der Waals surface area (Å²) in [5.41, 5.74) is -0.274. The van der Waals surface area contributed by atoms with Crippen molar-refractivity contribution < 1.29 is 31.2 Å². The lowest BCUT2D eigenvalue weighted by atomic mass is 10.0. The zero-order valence-corrected chi connectivity index (χ0v) is 15.1. The van der Waals surface area contributed by atoms with E-state index in [1.165, 1.54) is 36.7 Å². The molecule has 0 fully saturated rings. The van der Waals surface area contributed by atoms with E-state index in [4.69, 9.17) is 9.25 Å². The van der Waals surface area contributed by atoms with Crippen LogP contribution in [0.15, 0.2) is 41.1 Å². The highest BCUT2D eigenvalue weighted by Gasteiger charge is 2.31. The topological polar surface area (TPSA) is 77.2 Å². The number of alkyl halides is 5. The van der Waals surface area contributed by atoms with Crippen LogP contribution in [0.3, 0.4) is 0 Å². The fraction of sp³-hybridized carbons (Fsp3) is 0.294. The SMILES string of the molecule is CON(c1ncc(-c2nnc(C(F)F)o2)cn1)C(C)c1cccc(C(F)(F)F)c1. The maximum atomic E-state index is 13.0. The van der Waals surface area contributed by atoms with Gasteiger partial charge in [0.05, 0.1) is 24.3 Å². The van der Waals surface area contributed by atoms with E-state index in [2.05, 4.69) is 20.2 Å². The molecule has 0 saturated heterocycles. The lowest BCUT2D eigenvalue weighted by Crippen LogP contribution is -2.27. The maximum Gasteiger partial charge on any atom is 0.416 e. The van der Waals surface area contributed by atoms with Gasteiger partial charge in [-0.05, 0) is 24.6 Å². The van der Waals surface area contributed by atoms with Crippen LogP contribution in [0.1, 0.15) is 36.4 Å². The van der Waals surface area contributed by atoms with Crippen LogP contribution in [0, 0.1) is 0 Å². The molecule has 1 aromatic carbocycles. The van der Waals surface area contributed by atoms with Gasteiger partial charge in [-0.1, -0.05) is 12.1 Å². The first-order valence-corrected chi connectivity index (χ1v) is 8.15. The van der Waals surface area contributed by atoms with Crippen molar-refractivity contribution >= 4 is 5.95 Å². The Bertz CT molecular complexity index is 961. The highest BCUT2D eigenvalue weighted by atomic mass is 19.4. The first-order chi connectivity index (χ1) is 13.7. The molecule has 0 radical (unpaired) electrons. The third-order valence-corrected chi connectivity index (χ3v) is 3.95. The molecule has 0 aliphatic rings. The number of hydrogen-bond acceptors (Lipinski definition) is 7. The summed E-state index contributed by atoms with van der Waals surface area (Å²) < 4.78 is 68.8. The maximum absolute atomic E-state index is 13.0. The minimum atomic E-state index is -4.48. The summed E-state index contributed by atoms with van der Waals surface area (Å²) >= 11 is 0. The van der Waals surface area contributed by atoms with E-state index in [1.54, 1.807) is 6.92 Å². The predicted octanol–water partition coefficient (Wildman–Crippen LogP) is 4.61. The quantitative estimate of drug-likeness (QED) is 0.430. The summed E-state index contributed by atoms with van der Waals surface area (Å²) in [5.74, 6) is -0.989. The van der Waals surface area contributed by atoms with Gasteiger partial charge in [0.2, 0.25) is 5.95 Å². The smallest absolute Gasteiger partial charge is 0.415 e. The number of aromatic nitrogens is 4. The minimum absolute atomic E-state index is 0.0368. The van der Waals surface area contributed by atoms with Crippen LogP contribution in [0.2, 0.25) is 0 Å². The molecule has 29 heavy (non-hydrogen) atoms. The van der Waals surface area contributed by atoms with Gasteiger partial charge in [0, 0.05) is 12.4 Å². The van der Waals surface area contributed by atoms with Crippen molar-refractivity contribution in [2.75, 3.05) is 12.2 Å². The van der Waals surface area contributed by atoms with Gasteiger partial charge in [-0.15, -0.1) is 10.2 Å². The molecule has 2 aromatic heterocycles. The van der Waals surface area contributed by atoms with Crippen LogP contribution in [-0.2, 0) is 11.0 Å². The Morgan fingerprint density at radius 3 is 2.34 bits per heavy atom. The van der Waals surface area contributed by atoms with E-state index in [0.29, 0.717) is 5.56 Å². The second-order valence-corrected chi connectivity index (χ2v) is 5.83. The van der Waals surface area contributed by atoms with Crippen molar-refractivity contribution in [1.82, 2.24) is 20.2 Å². The Labute approximate surface area is 161 Å². The van der Waals surface area contributed by atoms with Crippen LogP contribution in [0.4, 0.5) is 27.9 Å². The number of benzene rings is 1. The number of anilines is 1. The lowest BCUT2D eigenvalue weighted by molar-refractivity contribution is -0.137. The average molecular weight is 415 g/mol. The van der Waals surface area contributed by atoms with Crippen molar-refractivity contribution in [3.63, 3.8) is 0 Å². The van der Waals surface area contributed by atoms with Gasteiger partial charge >= 0.3 is 12.6 Å². The highest BCUT2D eigenvalue weighted by Crippen LogP contribution is 2.33. The van der Waals surface area contributed by atoms with E-state index in [-0.39, 0.29) is 17.4 Å². The van der Waals surface area contributed by atoms with Crippen molar-refractivity contribution in [3.8, 4) is 11.5 Å². The van der Waals surface area contributed by atoms with Gasteiger partial charge < -0.3 is 4.42 Å². The summed E-state index contributed by atoms with van der Waals surface area (Å²) in [6.45, 7) is 1.61. The van der Waals surface area contributed by atoms with Crippen molar-refractivity contribution in [2.45, 2.75) is 25.6 Å². The Balaban J connectivity index is 1.84. The summed E-state index contributed by atoms with van der Waals surface area (Å²) in [6.07, 6.45) is -4.90. The molecule has 0 aliphatic carbocycles. The molecule has 12 heteroatoms. The number of hydroxylamine groups is 1. The van der Waals surface area contributed by atoms with Crippen LogP contribution >= 0.6 is 0 Å². The van der Waals surface area contributed by atoms with Crippen molar-refractivity contribution in [2.24, 2.45) is 0 Å². The number of nitrogens with zero attached hydrogens (tertiary/aromatic N) is 5. The Morgan fingerprint density at radius 2 is 1.79 bits per heavy atom. The summed E-state index contributed by atoms with van der Waals surface area (Å²) in [5, 5.41) is 7.91. The van der Waals surface area contributed by atoms with Crippen LogP contribution in [-0.4, -0.2) is 27.3 Å². The molecule has 3 aromatic rings. The molecule has 0 aliphatic heterocycles. The monoisotopic (exact) mass is 415 g/mol. The first-order valence-electron chi connectivity index (χ1n) is 8.15. The minimum Gasteiger partial charge on any atom is -0.415 e. The number of halogens is 5. The van der Waals surface area contributed by atoms with Gasteiger partial charge in [0.1, 0.15) is 0 Å². The number of hydrogen-bond donors (Lipinski definition) is 0. The van der Waals surface area contributed by atoms with Crippen LogP contribution in [0.5, 0.6) is 0 Å². The Morgan fingerprint density at radius 1 is 1.10 bits per heavy atom. The van der Waals surface area contributed by atoms with Crippen LogP contribution < -0.4 is 5.06 Å². The first kappa shape index (κ1) is 20.6. The van der Waals surface area contributed by atoms with Gasteiger partial charge in [0.15, 0.2) is 0 Å². The second-order valence-electron chi connectivity index (χ2n) is 5.83. The molecular formula is C17H14F5N5O2. The third-order valence-electron chi connectivity index (χ3n) is 3.95. The summed E-state index contributed by atoms with van der Waals surface area (Å²) in [6, 6.07) is 4.13.